The van der Waals surface area contributed by atoms with Crippen molar-refractivity contribution in [3.63, 3.8) is 0 Å². The number of carbonyl (C=O) groups is 1. The molecule has 1 amide bonds. The molecule has 2 unspecified atom stereocenters. The van der Waals surface area contributed by atoms with Gasteiger partial charge in [0.25, 0.3) is 0 Å². The van der Waals surface area contributed by atoms with Crippen LogP contribution in [0.25, 0.3) is 0 Å². The van der Waals surface area contributed by atoms with E-state index in [1.807, 2.05) is 65.6 Å². The minimum absolute atomic E-state index is 0.0525. The molecule has 4 nitrogen and oxygen atoms in total. The lowest BCUT2D eigenvalue weighted by Crippen LogP contribution is -2.43. The third-order valence-electron chi connectivity index (χ3n) is 4.56. The van der Waals surface area contributed by atoms with Crippen molar-refractivity contribution in [1.29, 1.82) is 0 Å². The first kappa shape index (κ1) is 21.5. The number of hydrogen-bond acceptors (Lipinski definition) is 3. The number of aliphatic hydroxyl groups excluding tert-OH is 1. The smallest absolute Gasteiger partial charge is 0.410 e. The van der Waals surface area contributed by atoms with Gasteiger partial charge in [-0.2, -0.15) is 0 Å². The number of halogens is 1. The number of aliphatic hydroxyl groups is 1. The van der Waals surface area contributed by atoms with Crippen LogP contribution < -0.4 is 0 Å². The largest absolute Gasteiger partial charge is 0.446 e. The van der Waals surface area contributed by atoms with Gasteiger partial charge in [0.05, 0.1) is 6.04 Å². The SMILES string of the molecule is CCC(c1ccc(Br)cc1)N1CCC(CCCO)OC1=O.c1ccccc1. The molecule has 1 N–H and O–H groups in total. The number of rotatable bonds is 6. The van der Waals surface area contributed by atoms with E-state index in [-0.39, 0.29) is 24.8 Å². The Balaban J connectivity index is 0.000000369. The molecule has 0 spiro atoms. The molecule has 2 atom stereocenters. The minimum Gasteiger partial charge on any atom is -0.446 e. The van der Waals surface area contributed by atoms with E-state index in [9.17, 15) is 4.79 Å². The zero-order valence-electron chi connectivity index (χ0n) is 15.8. The van der Waals surface area contributed by atoms with Gasteiger partial charge in [0, 0.05) is 24.0 Å². The summed E-state index contributed by atoms with van der Waals surface area (Å²) < 4.78 is 6.53. The van der Waals surface area contributed by atoms with Gasteiger partial charge in [-0.15, -0.1) is 0 Å². The summed E-state index contributed by atoms with van der Waals surface area (Å²) in [4.78, 5) is 14.1. The first-order chi connectivity index (χ1) is 13.2. The molecular weight excluding hydrogens is 406 g/mol. The fourth-order valence-corrected chi connectivity index (χ4v) is 3.42. The maximum absolute atomic E-state index is 12.2. The van der Waals surface area contributed by atoms with Crippen molar-refractivity contribution in [2.45, 2.75) is 44.8 Å². The van der Waals surface area contributed by atoms with Crippen LogP contribution in [0.5, 0.6) is 0 Å². The summed E-state index contributed by atoms with van der Waals surface area (Å²) in [6.45, 7) is 2.94. The van der Waals surface area contributed by atoms with Crippen LogP contribution in [0.15, 0.2) is 65.1 Å². The van der Waals surface area contributed by atoms with E-state index in [0.29, 0.717) is 13.0 Å². The molecule has 1 aliphatic heterocycles. The first-order valence-corrected chi connectivity index (χ1v) is 10.3. The molecule has 1 aliphatic rings. The van der Waals surface area contributed by atoms with Crippen molar-refractivity contribution in [3.8, 4) is 0 Å². The molecule has 2 aromatic rings. The topological polar surface area (TPSA) is 49.8 Å². The maximum Gasteiger partial charge on any atom is 0.410 e. The van der Waals surface area contributed by atoms with E-state index in [1.54, 1.807) is 0 Å². The number of benzene rings is 2. The van der Waals surface area contributed by atoms with Crippen molar-refractivity contribution >= 4 is 22.0 Å². The lowest BCUT2D eigenvalue weighted by Gasteiger charge is -2.37. The Hall–Kier alpha value is -1.85. The number of cyclic esters (lactones) is 1. The summed E-state index contributed by atoms with van der Waals surface area (Å²) in [5.41, 5.74) is 1.13. The van der Waals surface area contributed by atoms with Gasteiger partial charge >= 0.3 is 6.09 Å². The Labute approximate surface area is 170 Å². The molecule has 0 saturated carbocycles. The maximum atomic E-state index is 12.2. The molecule has 1 fully saturated rings. The Kier molecular flexibility index (Phi) is 9.36. The molecule has 27 heavy (non-hydrogen) atoms. The predicted molar refractivity (Wildman–Crippen MR) is 112 cm³/mol. The minimum atomic E-state index is -0.237. The van der Waals surface area contributed by atoms with Crippen LogP contribution in [0.1, 0.15) is 44.2 Å². The van der Waals surface area contributed by atoms with Crippen LogP contribution in [-0.2, 0) is 4.74 Å². The highest BCUT2D eigenvalue weighted by molar-refractivity contribution is 9.10. The van der Waals surface area contributed by atoms with Crippen molar-refractivity contribution < 1.29 is 14.6 Å². The van der Waals surface area contributed by atoms with Gasteiger partial charge in [-0.25, -0.2) is 4.79 Å². The highest BCUT2D eigenvalue weighted by atomic mass is 79.9. The molecule has 1 saturated heterocycles. The quantitative estimate of drug-likeness (QED) is 0.647. The molecule has 0 bridgehead atoms. The van der Waals surface area contributed by atoms with E-state index < -0.39 is 0 Å². The van der Waals surface area contributed by atoms with Crippen molar-refractivity contribution in [3.05, 3.63) is 70.7 Å². The number of nitrogens with zero attached hydrogens (tertiary/aromatic N) is 1. The number of ether oxygens (including phenoxy) is 1. The molecule has 3 rings (SSSR count). The summed E-state index contributed by atoms with van der Waals surface area (Å²) in [6, 6.07) is 20.1. The van der Waals surface area contributed by atoms with Crippen molar-refractivity contribution in [2.24, 2.45) is 0 Å². The number of amides is 1. The summed E-state index contributed by atoms with van der Waals surface area (Å²) in [5.74, 6) is 0. The highest BCUT2D eigenvalue weighted by Crippen LogP contribution is 2.29. The van der Waals surface area contributed by atoms with Crippen LogP contribution in [0, 0.1) is 0 Å². The Bertz CT molecular complexity index is 636. The second-order valence-electron chi connectivity index (χ2n) is 6.48. The molecule has 0 aliphatic carbocycles. The lowest BCUT2D eigenvalue weighted by molar-refractivity contribution is 0.00467. The second-order valence-corrected chi connectivity index (χ2v) is 7.40. The van der Waals surface area contributed by atoms with Gasteiger partial charge in [-0.05, 0) is 37.0 Å². The number of hydrogen-bond donors (Lipinski definition) is 1. The Morgan fingerprint density at radius 1 is 1.15 bits per heavy atom. The standard InChI is InChI=1S/C16H22BrNO3.C6H6/c1-2-15(12-5-7-13(17)8-6-12)18-10-9-14(4-3-11-19)21-16(18)20;1-2-4-6-5-3-1/h5-8,14-15,19H,2-4,9-11H2,1H3;1-6H. The molecule has 2 aromatic carbocycles. The van der Waals surface area contributed by atoms with Gasteiger partial charge in [0.1, 0.15) is 6.10 Å². The van der Waals surface area contributed by atoms with Gasteiger partial charge < -0.3 is 14.7 Å². The van der Waals surface area contributed by atoms with E-state index in [4.69, 9.17) is 9.84 Å². The lowest BCUT2D eigenvalue weighted by atomic mass is 10.0. The van der Waals surface area contributed by atoms with Crippen LogP contribution in [-0.4, -0.2) is 35.4 Å². The Morgan fingerprint density at radius 2 is 1.74 bits per heavy atom. The summed E-state index contributed by atoms with van der Waals surface area (Å²) in [5, 5.41) is 8.86. The van der Waals surface area contributed by atoms with Crippen LogP contribution >= 0.6 is 15.9 Å². The third-order valence-corrected chi connectivity index (χ3v) is 5.09. The highest BCUT2D eigenvalue weighted by Gasteiger charge is 2.31. The second kappa shape index (κ2) is 11.8. The zero-order chi connectivity index (χ0) is 19.5. The van der Waals surface area contributed by atoms with Gasteiger partial charge in [-0.1, -0.05) is 71.4 Å². The third kappa shape index (κ3) is 7.00. The van der Waals surface area contributed by atoms with E-state index >= 15 is 0 Å². The van der Waals surface area contributed by atoms with E-state index in [2.05, 4.69) is 22.9 Å². The summed E-state index contributed by atoms with van der Waals surface area (Å²) in [7, 11) is 0. The van der Waals surface area contributed by atoms with E-state index in [1.165, 1.54) is 0 Å². The van der Waals surface area contributed by atoms with Crippen molar-refractivity contribution in [1.82, 2.24) is 4.90 Å². The average Bonchev–Trinajstić information content (AvgIpc) is 2.71. The van der Waals surface area contributed by atoms with Crippen LogP contribution in [0.2, 0.25) is 0 Å². The monoisotopic (exact) mass is 433 g/mol. The summed E-state index contributed by atoms with van der Waals surface area (Å²) >= 11 is 3.43. The first-order valence-electron chi connectivity index (χ1n) is 9.49. The number of carbonyl (C=O) groups excluding carboxylic acids is 1. The van der Waals surface area contributed by atoms with Gasteiger partial charge in [0.15, 0.2) is 0 Å². The Morgan fingerprint density at radius 3 is 2.22 bits per heavy atom. The van der Waals surface area contributed by atoms with Crippen LogP contribution in [0.4, 0.5) is 4.79 Å². The summed E-state index contributed by atoms with van der Waals surface area (Å²) in [6.07, 6.45) is 2.83. The molecule has 1 heterocycles. The average molecular weight is 434 g/mol. The molecular formula is C22H28BrNO3. The molecule has 0 radical (unpaired) electrons. The van der Waals surface area contributed by atoms with E-state index in [0.717, 1.165) is 29.3 Å². The molecule has 146 valence electrons. The zero-order valence-corrected chi connectivity index (χ0v) is 17.3. The van der Waals surface area contributed by atoms with Crippen LogP contribution in [0.3, 0.4) is 0 Å². The molecule has 5 heteroatoms. The van der Waals surface area contributed by atoms with Gasteiger partial charge in [-0.3, -0.25) is 0 Å². The fourth-order valence-electron chi connectivity index (χ4n) is 3.15. The fraction of sp³-hybridized carbons (Fsp3) is 0.409. The van der Waals surface area contributed by atoms with Gasteiger partial charge in [0.2, 0.25) is 0 Å². The normalized spacial score (nSPS) is 17.5. The molecule has 0 aromatic heterocycles. The predicted octanol–water partition coefficient (Wildman–Crippen LogP) is 5.57. The van der Waals surface area contributed by atoms with Crippen molar-refractivity contribution in [2.75, 3.05) is 13.2 Å².